The summed E-state index contributed by atoms with van der Waals surface area (Å²) in [6.07, 6.45) is 0. The number of fused-ring (bicyclic) bond motifs is 2. The number of ether oxygens (including phenoxy) is 1. The summed E-state index contributed by atoms with van der Waals surface area (Å²) in [7, 11) is 1.26. The van der Waals surface area contributed by atoms with Gasteiger partial charge in [-0.2, -0.15) is 0 Å². The fourth-order valence-electron chi connectivity index (χ4n) is 2.69. The molecule has 0 saturated carbocycles. The van der Waals surface area contributed by atoms with Gasteiger partial charge in [-0.05, 0) is 30.7 Å². The van der Waals surface area contributed by atoms with Gasteiger partial charge in [0.15, 0.2) is 17.3 Å². The van der Waals surface area contributed by atoms with Crippen LogP contribution < -0.4 is 4.74 Å². The Labute approximate surface area is 125 Å². The molecule has 0 unspecified atom stereocenters. The van der Waals surface area contributed by atoms with E-state index in [1.807, 2.05) is 0 Å². The highest BCUT2D eigenvalue weighted by Gasteiger charge is 2.38. The molecule has 2 aromatic rings. The number of phenols is 3. The molecule has 0 heterocycles. The van der Waals surface area contributed by atoms with Crippen LogP contribution in [-0.2, 0) is 0 Å². The predicted octanol–water partition coefficient (Wildman–Crippen LogP) is 1.90. The second kappa shape index (κ2) is 4.49. The molecular formula is C16H12O6. The van der Waals surface area contributed by atoms with Crippen LogP contribution in [0, 0.1) is 6.92 Å². The molecular weight excluding hydrogens is 288 g/mol. The second-order valence-corrected chi connectivity index (χ2v) is 5.01. The van der Waals surface area contributed by atoms with Crippen LogP contribution in [0.3, 0.4) is 0 Å². The largest absolute Gasteiger partial charge is 0.507 e. The molecule has 22 heavy (non-hydrogen) atoms. The van der Waals surface area contributed by atoms with E-state index < -0.39 is 17.3 Å². The number of rotatable bonds is 1. The van der Waals surface area contributed by atoms with E-state index in [9.17, 15) is 24.9 Å². The predicted molar refractivity (Wildman–Crippen MR) is 76.0 cm³/mol. The van der Waals surface area contributed by atoms with Crippen molar-refractivity contribution < 1.29 is 29.6 Å². The van der Waals surface area contributed by atoms with Crippen molar-refractivity contribution in [2.75, 3.05) is 7.11 Å². The fourth-order valence-corrected chi connectivity index (χ4v) is 2.69. The third-order valence-electron chi connectivity index (χ3n) is 3.74. The molecule has 6 heteroatoms. The topological polar surface area (TPSA) is 104 Å². The van der Waals surface area contributed by atoms with E-state index in [4.69, 9.17) is 4.74 Å². The van der Waals surface area contributed by atoms with Gasteiger partial charge in [0, 0.05) is 5.56 Å². The number of ketones is 2. The maximum absolute atomic E-state index is 12.7. The van der Waals surface area contributed by atoms with Gasteiger partial charge in [-0.3, -0.25) is 9.59 Å². The lowest BCUT2D eigenvalue weighted by molar-refractivity contribution is 0.0971. The summed E-state index contributed by atoms with van der Waals surface area (Å²) >= 11 is 0. The Morgan fingerprint density at radius 1 is 0.909 bits per heavy atom. The molecule has 112 valence electrons. The zero-order chi connectivity index (χ0) is 16.2. The highest BCUT2D eigenvalue weighted by molar-refractivity contribution is 6.31. The molecule has 0 aromatic heterocycles. The van der Waals surface area contributed by atoms with E-state index in [1.54, 1.807) is 0 Å². The van der Waals surface area contributed by atoms with Crippen LogP contribution in [0.5, 0.6) is 23.0 Å². The molecule has 3 rings (SSSR count). The van der Waals surface area contributed by atoms with E-state index in [0.717, 1.165) is 0 Å². The first-order valence-corrected chi connectivity index (χ1v) is 6.43. The van der Waals surface area contributed by atoms with Crippen molar-refractivity contribution in [2.24, 2.45) is 0 Å². The van der Waals surface area contributed by atoms with Gasteiger partial charge in [-0.15, -0.1) is 0 Å². The Morgan fingerprint density at radius 3 is 2.23 bits per heavy atom. The Morgan fingerprint density at radius 2 is 1.59 bits per heavy atom. The third-order valence-corrected chi connectivity index (χ3v) is 3.74. The number of carbonyl (C=O) groups excluding carboxylic acids is 2. The van der Waals surface area contributed by atoms with Gasteiger partial charge in [0.25, 0.3) is 0 Å². The van der Waals surface area contributed by atoms with Crippen LogP contribution in [0.4, 0.5) is 0 Å². The number of benzene rings is 2. The van der Waals surface area contributed by atoms with Crippen LogP contribution in [-0.4, -0.2) is 34.0 Å². The van der Waals surface area contributed by atoms with Crippen molar-refractivity contribution >= 4 is 11.6 Å². The summed E-state index contributed by atoms with van der Waals surface area (Å²) in [6, 6.07) is 3.73. The summed E-state index contributed by atoms with van der Waals surface area (Å²) < 4.78 is 5.00. The van der Waals surface area contributed by atoms with Crippen LogP contribution in [0.25, 0.3) is 0 Å². The molecule has 0 bridgehead atoms. The minimum atomic E-state index is -0.690. The molecule has 0 atom stereocenters. The molecule has 2 aromatic carbocycles. The average Bonchev–Trinajstić information content (AvgIpc) is 2.48. The fraction of sp³-hybridized carbons (Fsp3) is 0.125. The van der Waals surface area contributed by atoms with Gasteiger partial charge in [0.2, 0.25) is 5.78 Å². The molecule has 1 aliphatic carbocycles. The van der Waals surface area contributed by atoms with Crippen molar-refractivity contribution in [3.8, 4) is 23.0 Å². The summed E-state index contributed by atoms with van der Waals surface area (Å²) in [5.41, 5.74) is -0.357. The maximum atomic E-state index is 12.7. The zero-order valence-electron chi connectivity index (χ0n) is 11.8. The molecule has 0 spiro atoms. The molecule has 0 fully saturated rings. The highest BCUT2D eigenvalue weighted by atomic mass is 16.5. The minimum absolute atomic E-state index is 0.00690. The molecule has 0 aliphatic heterocycles. The zero-order valence-corrected chi connectivity index (χ0v) is 11.8. The monoisotopic (exact) mass is 300 g/mol. The highest BCUT2D eigenvalue weighted by Crippen LogP contribution is 2.44. The third kappa shape index (κ3) is 1.60. The second-order valence-electron chi connectivity index (χ2n) is 5.01. The quantitative estimate of drug-likeness (QED) is 0.593. The number of aromatic hydroxyl groups is 3. The van der Waals surface area contributed by atoms with Crippen LogP contribution in [0.2, 0.25) is 0 Å². The van der Waals surface area contributed by atoms with E-state index in [1.165, 1.54) is 32.2 Å². The van der Waals surface area contributed by atoms with Crippen molar-refractivity contribution in [3.05, 3.63) is 46.0 Å². The first-order valence-electron chi connectivity index (χ1n) is 6.43. The molecule has 0 radical (unpaired) electrons. The Balaban J connectivity index is 2.43. The number of hydrogen-bond donors (Lipinski definition) is 3. The molecule has 6 nitrogen and oxygen atoms in total. The Kier molecular flexibility index (Phi) is 2.84. The Hall–Kier alpha value is -3.02. The standard InChI is InChI=1S/C16H12O6/c1-6-5-9(18)11-12(13(6)19)14(20)7-3-4-8(17)16(22-2)10(7)15(11)21/h3-5,17-19H,1-2H3. The van der Waals surface area contributed by atoms with Gasteiger partial charge >= 0.3 is 0 Å². The molecule has 3 N–H and O–H groups in total. The SMILES string of the molecule is COc1c(O)ccc2c1C(=O)c1c(O)cc(C)c(O)c1C2=O. The van der Waals surface area contributed by atoms with Crippen molar-refractivity contribution in [2.45, 2.75) is 6.92 Å². The number of methoxy groups -OCH3 is 1. The molecule has 1 aliphatic rings. The number of phenolic OH excluding ortho intramolecular Hbond substituents is 3. The lowest BCUT2D eigenvalue weighted by Crippen LogP contribution is -2.22. The van der Waals surface area contributed by atoms with Crippen LogP contribution in [0.1, 0.15) is 37.4 Å². The van der Waals surface area contributed by atoms with Gasteiger partial charge in [0.1, 0.15) is 11.5 Å². The smallest absolute Gasteiger partial charge is 0.202 e. The van der Waals surface area contributed by atoms with Gasteiger partial charge in [0.05, 0.1) is 23.8 Å². The first kappa shape index (κ1) is 13.9. The Bertz CT molecular complexity index is 850. The van der Waals surface area contributed by atoms with Crippen molar-refractivity contribution in [1.82, 2.24) is 0 Å². The van der Waals surface area contributed by atoms with Crippen LogP contribution >= 0.6 is 0 Å². The lowest BCUT2D eigenvalue weighted by atomic mass is 9.81. The maximum Gasteiger partial charge on any atom is 0.202 e. The van der Waals surface area contributed by atoms with E-state index in [2.05, 4.69) is 0 Å². The van der Waals surface area contributed by atoms with Gasteiger partial charge in [-0.25, -0.2) is 0 Å². The van der Waals surface area contributed by atoms with E-state index >= 15 is 0 Å². The van der Waals surface area contributed by atoms with Crippen LogP contribution in [0.15, 0.2) is 18.2 Å². The molecule has 0 saturated heterocycles. The summed E-state index contributed by atoms with van der Waals surface area (Å²) in [4.78, 5) is 25.3. The summed E-state index contributed by atoms with van der Waals surface area (Å²) in [5, 5.41) is 29.9. The van der Waals surface area contributed by atoms with E-state index in [0.29, 0.717) is 0 Å². The van der Waals surface area contributed by atoms with E-state index in [-0.39, 0.29) is 45.1 Å². The summed E-state index contributed by atoms with van der Waals surface area (Å²) in [5.74, 6) is -2.48. The van der Waals surface area contributed by atoms with Gasteiger partial charge in [-0.1, -0.05) is 0 Å². The lowest BCUT2D eigenvalue weighted by Gasteiger charge is -2.22. The minimum Gasteiger partial charge on any atom is -0.507 e. The normalized spacial score (nSPS) is 12.8. The molecule has 0 amide bonds. The number of hydrogen-bond acceptors (Lipinski definition) is 6. The van der Waals surface area contributed by atoms with Gasteiger partial charge < -0.3 is 20.1 Å². The van der Waals surface area contributed by atoms with Crippen molar-refractivity contribution in [3.63, 3.8) is 0 Å². The van der Waals surface area contributed by atoms with Crippen molar-refractivity contribution in [1.29, 1.82) is 0 Å². The first-order chi connectivity index (χ1) is 10.4. The summed E-state index contributed by atoms with van der Waals surface area (Å²) in [6.45, 7) is 1.51. The number of aryl methyl sites for hydroxylation is 1. The average molecular weight is 300 g/mol. The number of carbonyl (C=O) groups is 2.